The summed E-state index contributed by atoms with van der Waals surface area (Å²) in [5, 5.41) is 0. The van der Waals surface area contributed by atoms with E-state index < -0.39 is 8.07 Å². The van der Waals surface area contributed by atoms with Crippen molar-refractivity contribution in [3.05, 3.63) is 23.0 Å². The minimum Gasteiger partial charge on any atom is -0.361 e. The van der Waals surface area contributed by atoms with Gasteiger partial charge >= 0.3 is 5.69 Å². The highest BCUT2D eigenvalue weighted by molar-refractivity contribution is 6.76. The number of nitrogens with zero attached hydrogens (tertiary/aromatic N) is 3. The van der Waals surface area contributed by atoms with Gasteiger partial charge in [0.25, 0.3) is 0 Å². The predicted octanol–water partition coefficient (Wildman–Crippen LogP) is 1.43. The van der Waals surface area contributed by atoms with E-state index in [2.05, 4.69) is 34.6 Å². The van der Waals surface area contributed by atoms with Gasteiger partial charge in [0.05, 0.1) is 6.20 Å². The van der Waals surface area contributed by atoms with Crippen molar-refractivity contribution >= 4 is 19.2 Å². The van der Waals surface area contributed by atoms with E-state index in [9.17, 15) is 4.79 Å². The summed E-state index contributed by atoms with van der Waals surface area (Å²) >= 11 is 0. The number of nitrogens with one attached hydrogen (secondary N) is 1. The third-order valence-electron chi connectivity index (χ3n) is 2.67. The Morgan fingerprint density at radius 1 is 1.44 bits per heavy atom. The Labute approximate surface area is 106 Å². The van der Waals surface area contributed by atoms with Crippen LogP contribution in [-0.2, 0) is 11.5 Å². The summed E-state index contributed by atoms with van der Waals surface area (Å²) in [6, 6.07) is 1.08. The van der Waals surface area contributed by atoms with Gasteiger partial charge in [-0.05, 0) is 6.04 Å². The Morgan fingerprint density at radius 2 is 2.22 bits per heavy atom. The number of H-pyrrole nitrogens is 1. The monoisotopic (exact) mass is 266 g/mol. The lowest BCUT2D eigenvalue weighted by Crippen LogP contribution is -2.23. The van der Waals surface area contributed by atoms with Crippen molar-refractivity contribution in [3.8, 4) is 0 Å². The quantitative estimate of drug-likeness (QED) is 0.656. The smallest absolute Gasteiger partial charge is 0.329 e. The van der Waals surface area contributed by atoms with E-state index in [1.165, 1.54) is 10.9 Å². The van der Waals surface area contributed by atoms with Crippen LogP contribution >= 0.6 is 0 Å². The number of fused-ring (bicyclic) bond motifs is 1. The first kappa shape index (κ1) is 13.0. The van der Waals surface area contributed by atoms with E-state index >= 15 is 0 Å². The van der Waals surface area contributed by atoms with E-state index in [-0.39, 0.29) is 12.4 Å². The molecule has 0 aliphatic carbocycles. The second-order valence-electron chi connectivity index (χ2n) is 5.46. The average Bonchev–Trinajstić information content (AvgIpc) is 2.59. The largest absolute Gasteiger partial charge is 0.361 e. The Morgan fingerprint density at radius 3 is 2.94 bits per heavy atom. The van der Waals surface area contributed by atoms with Crippen molar-refractivity contribution in [1.29, 1.82) is 0 Å². The summed E-state index contributed by atoms with van der Waals surface area (Å²) in [6.07, 6.45) is 3.02. The number of aromatic amines is 1. The number of imidazole rings is 1. The molecule has 0 aliphatic rings. The standard InChI is InChI=1S/C11H18N4O2Si/c1-18(2,3)5-4-17-8-15-9-6-12-7-13-10(9)14-11(15)16/h6-7H,4-5,8H2,1-3H3,(H,12,13,14,16). The Hall–Kier alpha value is -1.47. The van der Waals surface area contributed by atoms with Crippen LogP contribution in [-0.4, -0.2) is 34.2 Å². The van der Waals surface area contributed by atoms with Crippen molar-refractivity contribution < 1.29 is 4.74 Å². The lowest BCUT2D eigenvalue weighted by molar-refractivity contribution is 0.0877. The number of hydrogen-bond acceptors (Lipinski definition) is 4. The van der Waals surface area contributed by atoms with E-state index in [1.807, 2.05) is 0 Å². The molecule has 2 heterocycles. The number of rotatable bonds is 5. The van der Waals surface area contributed by atoms with Gasteiger partial charge in [-0.3, -0.25) is 9.55 Å². The maximum atomic E-state index is 11.7. The summed E-state index contributed by atoms with van der Waals surface area (Å²) < 4.78 is 7.08. The fraction of sp³-hybridized carbons (Fsp3) is 0.545. The molecule has 0 bridgehead atoms. The molecule has 0 aromatic carbocycles. The van der Waals surface area contributed by atoms with Crippen molar-refractivity contribution in [2.45, 2.75) is 32.4 Å². The van der Waals surface area contributed by atoms with Crippen LogP contribution in [0.4, 0.5) is 0 Å². The molecule has 0 unspecified atom stereocenters. The molecule has 0 spiro atoms. The number of hydrogen-bond donors (Lipinski definition) is 1. The Balaban J connectivity index is 2.04. The second kappa shape index (κ2) is 5.03. The molecule has 98 valence electrons. The van der Waals surface area contributed by atoms with Gasteiger partial charge in [0.2, 0.25) is 0 Å². The van der Waals surface area contributed by atoms with Gasteiger partial charge < -0.3 is 4.74 Å². The van der Waals surface area contributed by atoms with E-state index in [0.29, 0.717) is 17.8 Å². The molecule has 0 saturated heterocycles. The van der Waals surface area contributed by atoms with Gasteiger partial charge in [-0.1, -0.05) is 19.6 Å². The van der Waals surface area contributed by atoms with Crippen LogP contribution in [0.1, 0.15) is 0 Å². The first-order valence-corrected chi connectivity index (χ1v) is 9.64. The van der Waals surface area contributed by atoms with Crippen LogP contribution in [0, 0.1) is 0 Å². The van der Waals surface area contributed by atoms with E-state index in [4.69, 9.17) is 4.74 Å². The molecule has 0 amide bonds. The Kier molecular flexibility index (Phi) is 3.62. The minimum absolute atomic E-state index is 0.210. The van der Waals surface area contributed by atoms with Gasteiger partial charge in [-0.15, -0.1) is 0 Å². The first-order chi connectivity index (χ1) is 8.47. The van der Waals surface area contributed by atoms with Gasteiger partial charge in [-0.25, -0.2) is 14.8 Å². The van der Waals surface area contributed by atoms with Crippen LogP contribution in [0.2, 0.25) is 25.7 Å². The molecule has 0 fully saturated rings. The topological polar surface area (TPSA) is 72.8 Å². The molecule has 0 aliphatic heterocycles. The SMILES string of the molecule is C[Si](C)(C)CCOCn1c(=O)[nH]c2ncncc21. The highest BCUT2D eigenvalue weighted by atomic mass is 28.3. The second-order valence-corrected chi connectivity index (χ2v) is 11.1. The van der Waals surface area contributed by atoms with Crippen molar-refractivity contribution in [1.82, 2.24) is 19.5 Å². The van der Waals surface area contributed by atoms with Crippen LogP contribution in [0.25, 0.3) is 11.2 Å². The molecule has 7 heteroatoms. The predicted molar refractivity (Wildman–Crippen MR) is 72.3 cm³/mol. The molecular weight excluding hydrogens is 248 g/mol. The minimum atomic E-state index is -1.09. The summed E-state index contributed by atoms with van der Waals surface area (Å²) in [7, 11) is -1.09. The molecule has 1 N–H and O–H groups in total. The van der Waals surface area contributed by atoms with Crippen LogP contribution < -0.4 is 5.69 Å². The highest BCUT2D eigenvalue weighted by Gasteiger charge is 2.13. The third kappa shape index (κ3) is 3.05. The fourth-order valence-electron chi connectivity index (χ4n) is 1.56. The van der Waals surface area contributed by atoms with E-state index in [1.54, 1.807) is 6.20 Å². The van der Waals surface area contributed by atoms with E-state index in [0.717, 1.165) is 6.04 Å². The summed E-state index contributed by atoms with van der Waals surface area (Å²) in [5.74, 6) is 0. The molecule has 18 heavy (non-hydrogen) atoms. The number of ether oxygens (including phenoxy) is 1. The Bertz CT molecular complexity index is 584. The lowest BCUT2D eigenvalue weighted by Gasteiger charge is -2.15. The molecule has 0 radical (unpaired) electrons. The number of aromatic nitrogens is 4. The highest BCUT2D eigenvalue weighted by Crippen LogP contribution is 2.08. The zero-order valence-electron chi connectivity index (χ0n) is 10.9. The van der Waals surface area contributed by atoms with Crippen LogP contribution in [0.5, 0.6) is 0 Å². The van der Waals surface area contributed by atoms with Gasteiger partial charge in [0.1, 0.15) is 18.6 Å². The average molecular weight is 266 g/mol. The summed E-state index contributed by atoms with van der Waals surface area (Å²) in [6.45, 7) is 7.81. The maximum Gasteiger partial charge on any atom is 0.329 e. The molecule has 0 atom stereocenters. The van der Waals surface area contributed by atoms with Gasteiger partial charge in [0.15, 0.2) is 5.65 Å². The molecule has 0 saturated carbocycles. The normalized spacial score (nSPS) is 12.2. The van der Waals surface area contributed by atoms with Crippen LogP contribution in [0.3, 0.4) is 0 Å². The molecule has 2 aromatic rings. The van der Waals surface area contributed by atoms with Crippen molar-refractivity contribution in [3.63, 3.8) is 0 Å². The molecule has 6 nitrogen and oxygen atoms in total. The lowest BCUT2D eigenvalue weighted by atomic mass is 10.5. The van der Waals surface area contributed by atoms with Crippen molar-refractivity contribution in [2.24, 2.45) is 0 Å². The maximum absolute atomic E-state index is 11.7. The van der Waals surface area contributed by atoms with Gasteiger partial charge in [0, 0.05) is 14.7 Å². The van der Waals surface area contributed by atoms with Crippen molar-refractivity contribution in [2.75, 3.05) is 6.61 Å². The zero-order chi connectivity index (χ0) is 13.2. The fourth-order valence-corrected chi connectivity index (χ4v) is 2.31. The first-order valence-electron chi connectivity index (χ1n) is 5.94. The molecule has 2 aromatic heterocycles. The summed E-state index contributed by atoms with van der Waals surface area (Å²) in [5.41, 5.74) is 1.01. The molecular formula is C11H18N4O2Si. The zero-order valence-corrected chi connectivity index (χ0v) is 11.9. The molecule has 2 rings (SSSR count). The summed E-state index contributed by atoms with van der Waals surface area (Å²) in [4.78, 5) is 22.3. The third-order valence-corrected chi connectivity index (χ3v) is 4.38. The van der Waals surface area contributed by atoms with Gasteiger partial charge in [-0.2, -0.15) is 0 Å². The van der Waals surface area contributed by atoms with Crippen LogP contribution in [0.15, 0.2) is 17.3 Å².